The molecule has 2 heterocycles. The van der Waals surface area contributed by atoms with Crippen LogP contribution in [0.1, 0.15) is 36.0 Å². The van der Waals surface area contributed by atoms with E-state index in [-0.39, 0.29) is 0 Å². The Balaban J connectivity index is 1.34. The number of hydrogen-bond acceptors (Lipinski definition) is 5. The average Bonchev–Trinajstić information content (AvgIpc) is 3.17. The molecule has 1 aromatic carbocycles. The first kappa shape index (κ1) is 14.4. The summed E-state index contributed by atoms with van der Waals surface area (Å²) in [6, 6.07) is 10.5. The topological polar surface area (TPSA) is 55.6 Å². The number of imidazole rings is 1. The number of rotatable bonds is 7. The Morgan fingerprint density at radius 1 is 1.22 bits per heavy atom. The van der Waals surface area contributed by atoms with Crippen molar-refractivity contribution in [3.05, 3.63) is 59.9 Å². The number of aryl methyl sites for hydroxylation is 2. The van der Waals surface area contributed by atoms with Crippen LogP contribution in [0.2, 0.25) is 0 Å². The van der Waals surface area contributed by atoms with E-state index < -0.39 is 0 Å². The highest BCUT2D eigenvalue weighted by molar-refractivity contribution is 7.09. The molecule has 0 unspecified atom stereocenters. The van der Waals surface area contributed by atoms with Crippen LogP contribution in [-0.4, -0.2) is 18.9 Å². The normalized spacial score (nSPS) is 14.1. The smallest absolute Gasteiger partial charge is 0.202 e. The number of anilines is 1. The van der Waals surface area contributed by atoms with Crippen LogP contribution in [0.15, 0.2) is 42.7 Å². The van der Waals surface area contributed by atoms with Crippen molar-refractivity contribution in [1.82, 2.24) is 18.9 Å². The van der Waals surface area contributed by atoms with E-state index in [1.54, 1.807) is 0 Å². The second kappa shape index (κ2) is 6.50. The summed E-state index contributed by atoms with van der Waals surface area (Å²) in [6.45, 7) is 1.62. The van der Waals surface area contributed by atoms with Gasteiger partial charge in [0.05, 0.1) is 6.54 Å². The molecule has 1 fully saturated rings. The van der Waals surface area contributed by atoms with Crippen LogP contribution in [0.5, 0.6) is 0 Å². The van der Waals surface area contributed by atoms with Crippen LogP contribution >= 0.6 is 11.5 Å². The third-order valence-electron chi connectivity index (χ3n) is 4.07. The SMILES string of the molecule is c1ccc(CCn2ccnc2CNc2nc(C3CC3)ns2)cc1. The van der Waals surface area contributed by atoms with Crippen LogP contribution in [0.25, 0.3) is 0 Å². The van der Waals surface area contributed by atoms with Crippen molar-refractivity contribution in [2.24, 2.45) is 0 Å². The molecule has 3 aromatic rings. The molecule has 0 amide bonds. The first-order chi connectivity index (χ1) is 11.4. The van der Waals surface area contributed by atoms with E-state index in [0.29, 0.717) is 12.5 Å². The van der Waals surface area contributed by atoms with Gasteiger partial charge in [0.2, 0.25) is 5.13 Å². The van der Waals surface area contributed by atoms with Crippen LogP contribution in [-0.2, 0) is 19.5 Å². The summed E-state index contributed by atoms with van der Waals surface area (Å²) in [6.07, 6.45) is 7.38. The van der Waals surface area contributed by atoms with Crippen LogP contribution < -0.4 is 5.32 Å². The third-order valence-corrected chi connectivity index (χ3v) is 4.75. The summed E-state index contributed by atoms with van der Waals surface area (Å²) in [7, 11) is 0. The Bertz CT molecular complexity index is 760. The van der Waals surface area contributed by atoms with Crippen molar-refractivity contribution >= 4 is 16.7 Å². The lowest BCUT2D eigenvalue weighted by atomic mass is 10.1. The van der Waals surface area contributed by atoms with Gasteiger partial charge in [0.25, 0.3) is 0 Å². The highest BCUT2D eigenvalue weighted by Crippen LogP contribution is 2.39. The standard InChI is InChI=1S/C17H19N5S/c1-2-4-13(5-3-1)8-10-22-11-9-18-15(22)12-19-17-20-16(21-23-17)14-6-7-14/h1-5,9,11,14H,6-8,10,12H2,(H,19,20,21). The molecule has 0 radical (unpaired) electrons. The Hall–Kier alpha value is -2.21. The molecule has 1 aliphatic rings. The van der Waals surface area contributed by atoms with Crippen molar-refractivity contribution in [2.75, 3.05) is 5.32 Å². The zero-order valence-corrected chi connectivity index (χ0v) is 13.7. The summed E-state index contributed by atoms with van der Waals surface area (Å²) < 4.78 is 6.61. The van der Waals surface area contributed by atoms with E-state index in [1.165, 1.54) is 29.9 Å². The maximum absolute atomic E-state index is 4.55. The maximum Gasteiger partial charge on any atom is 0.202 e. The molecule has 0 bridgehead atoms. The predicted octanol–water partition coefficient (Wildman–Crippen LogP) is 3.47. The molecule has 0 spiro atoms. The Morgan fingerprint density at radius 3 is 2.91 bits per heavy atom. The van der Waals surface area contributed by atoms with Gasteiger partial charge in [-0.25, -0.2) is 9.97 Å². The molecule has 1 aliphatic carbocycles. The molecular weight excluding hydrogens is 306 g/mol. The van der Waals surface area contributed by atoms with E-state index in [2.05, 4.69) is 48.5 Å². The minimum absolute atomic E-state index is 0.606. The Labute approximate surface area is 139 Å². The van der Waals surface area contributed by atoms with Crippen molar-refractivity contribution in [2.45, 2.75) is 38.3 Å². The minimum Gasteiger partial charge on any atom is -0.353 e. The molecular formula is C17H19N5S. The molecule has 4 rings (SSSR count). The number of aromatic nitrogens is 4. The highest BCUT2D eigenvalue weighted by atomic mass is 32.1. The lowest BCUT2D eigenvalue weighted by Gasteiger charge is -2.08. The minimum atomic E-state index is 0.606. The summed E-state index contributed by atoms with van der Waals surface area (Å²) >= 11 is 1.45. The number of nitrogens with zero attached hydrogens (tertiary/aromatic N) is 4. The van der Waals surface area contributed by atoms with E-state index in [0.717, 1.165) is 29.7 Å². The summed E-state index contributed by atoms with van der Waals surface area (Å²) in [5.74, 6) is 2.64. The van der Waals surface area contributed by atoms with Gasteiger partial charge in [-0.3, -0.25) is 0 Å². The van der Waals surface area contributed by atoms with Crippen molar-refractivity contribution < 1.29 is 0 Å². The van der Waals surface area contributed by atoms with Crippen molar-refractivity contribution in [3.8, 4) is 0 Å². The maximum atomic E-state index is 4.55. The van der Waals surface area contributed by atoms with Crippen molar-refractivity contribution in [1.29, 1.82) is 0 Å². The molecule has 1 N–H and O–H groups in total. The molecule has 2 aromatic heterocycles. The number of benzene rings is 1. The van der Waals surface area contributed by atoms with Gasteiger partial charge in [-0.05, 0) is 24.8 Å². The molecule has 23 heavy (non-hydrogen) atoms. The largest absolute Gasteiger partial charge is 0.353 e. The summed E-state index contributed by atoms with van der Waals surface area (Å²) in [5.41, 5.74) is 1.35. The van der Waals surface area contributed by atoms with Crippen molar-refractivity contribution in [3.63, 3.8) is 0 Å². The molecule has 0 atom stereocenters. The number of nitrogens with one attached hydrogen (secondary N) is 1. The third kappa shape index (κ3) is 3.59. The van der Waals surface area contributed by atoms with Gasteiger partial charge in [-0.2, -0.15) is 4.37 Å². The fourth-order valence-electron chi connectivity index (χ4n) is 2.57. The number of hydrogen-bond donors (Lipinski definition) is 1. The van der Waals surface area contributed by atoms with Crippen LogP contribution in [0.4, 0.5) is 5.13 Å². The highest BCUT2D eigenvalue weighted by Gasteiger charge is 2.27. The molecule has 118 valence electrons. The lowest BCUT2D eigenvalue weighted by Crippen LogP contribution is -2.10. The van der Waals surface area contributed by atoms with Gasteiger partial charge in [0.15, 0.2) is 0 Å². The average molecular weight is 325 g/mol. The molecule has 6 heteroatoms. The van der Waals surface area contributed by atoms with Gasteiger partial charge in [0, 0.05) is 36.4 Å². The zero-order valence-electron chi connectivity index (χ0n) is 12.9. The zero-order chi connectivity index (χ0) is 15.5. The first-order valence-electron chi connectivity index (χ1n) is 8.00. The summed E-state index contributed by atoms with van der Waals surface area (Å²) in [4.78, 5) is 9.01. The fraction of sp³-hybridized carbons (Fsp3) is 0.353. The van der Waals surface area contributed by atoms with E-state index in [4.69, 9.17) is 0 Å². The molecule has 1 saturated carbocycles. The van der Waals surface area contributed by atoms with Crippen LogP contribution in [0.3, 0.4) is 0 Å². The van der Waals surface area contributed by atoms with Gasteiger partial charge in [0.1, 0.15) is 11.6 Å². The second-order valence-electron chi connectivity index (χ2n) is 5.86. The second-order valence-corrected chi connectivity index (χ2v) is 6.61. The van der Waals surface area contributed by atoms with E-state index in [9.17, 15) is 0 Å². The first-order valence-corrected chi connectivity index (χ1v) is 8.77. The monoisotopic (exact) mass is 325 g/mol. The van der Waals surface area contributed by atoms with Gasteiger partial charge in [-0.15, -0.1) is 0 Å². The van der Waals surface area contributed by atoms with Crippen LogP contribution in [0, 0.1) is 0 Å². The fourth-order valence-corrected chi connectivity index (χ4v) is 3.21. The van der Waals surface area contributed by atoms with E-state index >= 15 is 0 Å². The predicted molar refractivity (Wildman–Crippen MR) is 91.6 cm³/mol. The van der Waals surface area contributed by atoms with Gasteiger partial charge >= 0.3 is 0 Å². The quantitative estimate of drug-likeness (QED) is 0.723. The van der Waals surface area contributed by atoms with E-state index in [1.807, 2.05) is 18.5 Å². The molecule has 0 saturated heterocycles. The lowest BCUT2D eigenvalue weighted by molar-refractivity contribution is 0.658. The van der Waals surface area contributed by atoms with Gasteiger partial charge in [-0.1, -0.05) is 30.3 Å². The Kier molecular flexibility index (Phi) is 4.06. The molecule has 0 aliphatic heterocycles. The summed E-state index contributed by atoms with van der Waals surface area (Å²) in [5, 5.41) is 4.24. The molecule has 5 nitrogen and oxygen atoms in total. The Morgan fingerprint density at radius 2 is 2.09 bits per heavy atom. The van der Waals surface area contributed by atoms with Gasteiger partial charge < -0.3 is 9.88 Å².